The normalized spacial score (nSPS) is 22.2. The lowest BCUT2D eigenvalue weighted by molar-refractivity contribution is -0.117. The van der Waals surface area contributed by atoms with E-state index in [4.69, 9.17) is 17.3 Å². The van der Waals surface area contributed by atoms with E-state index in [2.05, 4.69) is 10.2 Å². The van der Waals surface area contributed by atoms with Gasteiger partial charge in [-0.2, -0.15) is 0 Å². The highest BCUT2D eigenvalue weighted by atomic mass is 35.5. The van der Waals surface area contributed by atoms with Gasteiger partial charge in [-0.25, -0.2) is 0 Å². The number of hydrogen-bond acceptors (Lipinski definition) is 3. The second kappa shape index (κ2) is 7.07. The number of benzene rings is 1. The number of carbonyl (C=O) groups is 1. The van der Waals surface area contributed by atoms with Crippen molar-refractivity contribution in [3.05, 3.63) is 29.3 Å². The lowest BCUT2D eigenvalue weighted by atomic mass is 10.0. The lowest BCUT2D eigenvalue weighted by Gasteiger charge is -2.28. The van der Waals surface area contributed by atoms with Crippen LogP contribution in [0.5, 0.6) is 0 Å². The molecule has 5 heteroatoms. The molecule has 0 spiro atoms. The lowest BCUT2D eigenvalue weighted by Crippen LogP contribution is -2.41. The van der Waals surface area contributed by atoms with E-state index < -0.39 is 0 Å². The molecule has 3 N–H and O–H groups in total. The molecular formula is C15H22ClN3O. The van der Waals surface area contributed by atoms with Gasteiger partial charge in [-0.3, -0.25) is 9.69 Å². The highest BCUT2D eigenvalue weighted by Crippen LogP contribution is 2.28. The van der Waals surface area contributed by atoms with Crippen LogP contribution in [0.2, 0.25) is 5.02 Å². The number of halogens is 1. The van der Waals surface area contributed by atoms with Crippen molar-refractivity contribution in [2.24, 2.45) is 11.7 Å². The van der Waals surface area contributed by atoms with Crippen molar-refractivity contribution in [2.75, 3.05) is 25.5 Å². The quantitative estimate of drug-likeness (QED) is 0.876. The number of hydrogen-bond donors (Lipinski definition) is 2. The molecule has 2 unspecified atom stereocenters. The van der Waals surface area contributed by atoms with E-state index in [1.807, 2.05) is 7.05 Å². The third-order valence-electron chi connectivity index (χ3n) is 4.01. The average molecular weight is 296 g/mol. The maximum absolute atomic E-state index is 12.0. The highest BCUT2D eigenvalue weighted by Gasteiger charge is 2.29. The Labute approximate surface area is 125 Å². The van der Waals surface area contributed by atoms with Crippen LogP contribution in [0.1, 0.15) is 19.3 Å². The minimum Gasteiger partial charge on any atom is -0.330 e. The van der Waals surface area contributed by atoms with Gasteiger partial charge in [0, 0.05) is 16.8 Å². The van der Waals surface area contributed by atoms with Crippen molar-refractivity contribution >= 4 is 23.2 Å². The molecule has 1 aromatic carbocycles. The molecule has 0 aliphatic heterocycles. The summed E-state index contributed by atoms with van der Waals surface area (Å²) in [5, 5.41) is 3.55. The summed E-state index contributed by atoms with van der Waals surface area (Å²) < 4.78 is 0. The van der Waals surface area contributed by atoms with E-state index in [0.717, 1.165) is 12.1 Å². The average Bonchev–Trinajstić information content (AvgIpc) is 2.89. The van der Waals surface area contributed by atoms with Gasteiger partial charge in [0.15, 0.2) is 0 Å². The molecule has 0 radical (unpaired) electrons. The smallest absolute Gasteiger partial charge is 0.238 e. The maximum atomic E-state index is 12.0. The van der Waals surface area contributed by atoms with E-state index >= 15 is 0 Å². The molecule has 0 aromatic heterocycles. The van der Waals surface area contributed by atoms with Crippen LogP contribution < -0.4 is 11.1 Å². The second-order valence-corrected chi connectivity index (χ2v) is 5.90. The summed E-state index contributed by atoms with van der Waals surface area (Å²) in [5.74, 6) is 0.515. The fourth-order valence-electron chi connectivity index (χ4n) is 2.95. The summed E-state index contributed by atoms with van der Waals surface area (Å²) in [6, 6.07) is 7.57. The fraction of sp³-hybridized carbons (Fsp3) is 0.533. The van der Waals surface area contributed by atoms with Crippen molar-refractivity contribution in [2.45, 2.75) is 25.3 Å². The van der Waals surface area contributed by atoms with Gasteiger partial charge in [0.1, 0.15) is 0 Å². The van der Waals surface area contributed by atoms with Crippen LogP contribution in [-0.2, 0) is 4.79 Å². The zero-order valence-electron chi connectivity index (χ0n) is 11.8. The number of nitrogens with zero attached hydrogens (tertiary/aromatic N) is 1. The SMILES string of the molecule is CN(CC(=O)Nc1ccc(Cl)cc1)C1CCCC1CN. The Kier molecular flexibility index (Phi) is 5.40. The van der Waals surface area contributed by atoms with Crippen molar-refractivity contribution in [1.82, 2.24) is 4.90 Å². The summed E-state index contributed by atoms with van der Waals surface area (Å²) >= 11 is 5.82. The summed E-state index contributed by atoms with van der Waals surface area (Å²) in [4.78, 5) is 14.2. The Bertz CT molecular complexity index is 449. The molecule has 20 heavy (non-hydrogen) atoms. The van der Waals surface area contributed by atoms with Crippen molar-refractivity contribution in [1.29, 1.82) is 0 Å². The topological polar surface area (TPSA) is 58.4 Å². The summed E-state index contributed by atoms with van der Waals surface area (Å²) in [7, 11) is 2.00. The molecule has 1 aliphatic rings. The van der Waals surface area contributed by atoms with Gasteiger partial charge in [0.2, 0.25) is 5.91 Å². The molecule has 2 atom stereocenters. The fourth-order valence-corrected chi connectivity index (χ4v) is 3.08. The first-order valence-corrected chi connectivity index (χ1v) is 7.43. The van der Waals surface area contributed by atoms with E-state index in [0.29, 0.717) is 30.1 Å². The third kappa shape index (κ3) is 3.95. The van der Waals surface area contributed by atoms with E-state index in [9.17, 15) is 4.79 Å². The molecule has 1 fully saturated rings. The van der Waals surface area contributed by atoms with E-state index in [1.54, 1.807) is 24.3 Å². The standard InChI is InChI=1S/C15H22ClN3O/c1-19(14-4-2-3-11(14)9-17)10-15(20)18-13-7-5-12(16)6-8-13/h5-8,11,14H,2-4,9-10,17H2,1H3,(H,18,20). The van der Waals surface area contributed by atoms with Gasteiger partial charge in [-0.05, 0) is 56.6 Å². The van der Waals surface area contributed by atoms with Gasteiger partial charge in [-0.15, -0.1) is 0 Å². The van der Waals surface area contributed by atoms with Crippen LogP contribution in [0, 0.1) is 5.92 Å². The Balaban J connectivity index is 1.86. The molecule has 4 nitrogen and oxygen atoms in total. The first kappa shape index (κ1) is 15.3. The molecule has 1 aromatic rings. The molecule has 0 bridgehead atoms. The molecule has 0 saturated heterocycles. The summed E-state index contributed by atoms with van der Waals surface area (Å²) in [5.41, 5.74) is 6.56. The highest BCUT2D eigenvalue weighted by molar-refractivity contribution is 6.30. The van der Waals surface area contributed by atoms with Crippen molar-refractivity contribution < 1.29 is 4.79 Å². The summed E-state index contributed by atoms with van der Waals surface area (Å²) in [6.07, 6.45) is 3.51. The van der Waals surface area contributed by atoms with Crippen LogP contribution in [0.3, 0.4) is 0 Å². The molecule has 0 heterocycles. The zero-order valence-corrected chi connectivity index (χ0v) is 12.6. The molecule has 2 rings (SSSR count). The predicted octanol–water partition coefficient (Wildman–Crippen LogP) is 2.34. The molecular weight excluding hydrogens is 274 g/mol. The van der Waals surface area contributed by atoms with Gasteiger partial charge >= 0.3 is 0 Å². The van der Waals surface area contributed by atoms with E-state index in [-0.39, 0.29) is 5.91 Å². The van der Waals surface area contributed by atoms with Crippen LogP contribution >= 0.6 is 11.6 Å². The van der Waals surface area contributed by atoms with Gasteiger partial charge in [0.25, 0.3) is 0 Å². The Morgan fingerprint density at radius 3 is 2.75 bits per heavy atom. The molecule has 110 valence electrons. The monoisotopic (exact) mass is 295 g/mol. The van der Waals surface area contributed by atoms with Crippen LogP contribution in [0.4, 0.5) is 5.69 Å². The van der Waals surface area contributed by atoms with Crippen molar-refractivity contribution in [3.63, 3.8) is 0 Å². The number of nitrogens with one attached hydrogen (secondary N) is 1. The van der Waals surface area contributed by atoms with Gasteiger partial charge in [0.05, 0.1) is 6.54 Å². The second-order valence-electron chi connectivity index (χ2n) is 5.46. The van der Waals surface area contributed by atoms with E-state index in [1.165, 1.54) is 12.8 Å². The van der Waals surface area contributed by atoms with Gasteiger partial charge in [-0.1, -0.05) is 18.0 Å². The Morgan fingerprint density at radius 1 is 1.40 bits per heavy atom. The first-order chi connectivity index (χ1) is 9.60. The predicted molar refractivity (Wildman–Crippen MR) is 82.9 cm³/mol. The zero-order chi connectivity index (χ0) is 14.5. The Morgan fingerprint density at radius 2 is 2.10 bits per heavy atom. The number of carbonyl (C=O) groups excluding carboxylic acids is 1. The first-order valence-electron chi connectivity index (χ1n) is 7.06. The van der Waals surface area contributed by atoms with Gasteiger partial charge < -0.3 is 11.1 Å². The largest absolute Gasteiger partial charge is 0.330 e. The van der Waals surface area contributed by atoms with Crippen molar-refractivity contribution in [3.8, 4) is 0 Å². The minimum atomic E-state index is -0.00232. The number of amides is 1. The molecule has 1 aliphatic carbocycles. The van der Waals surface area contributed by atoms with Crippen LogP contribution in [0.15, 0.2) is 24.3 Å². The number of anilines is 1. The minimum absolute atomic E-state index is 0.00232. The molecule has 1 saturated carbocycles. The summed E-state index contributed by atoms with van der Waals surface area (Å²) in [6.45, 7) is 1.09. The number of nitrogens with two attached hydrogens (primary N) is 1. The van der Waals surface area contributed by atoms with Crippen LogP contribution in [0.25, 0.3) is 0 Å². The maximum Gasteiger partial charge on any atom is 0.238 e. The van der Waals surface area contributed by atoms with Crippen LogP contribution in [-0.4, -0.2) is 37.0 Å². The molecule has 1 amide bonds. The number of likely N-dealkylation sites (N-methyl/N-ethyl adjacent to an activating group) is 1. The number of rotatable bonds is 5. The Hall–Kier alpha value is -1.10. The third-order valence-corrected chi connectivity index (χ3v) is 4.26.